The van der Waals surface area contributed by atoms with E-state index < -0.39 is 0 Å². The van der Waals surface area contributed by atoms with Crippen LogP contribution in [0.4, 0.5) is 4.39 Å². The highest BCUT2D eigenvalue weighted by molar-refractivity contribution is 7.96. The lowest BCUT2D eigenvalue weighted by atomic mass is 9.85. The van der Waals surface area contributed by atoms with Gasteiger partial charge in [0, 0.05) is 30.7 Å². The van der Waals surface area contributed by atoms with Crippen molar-refractivity contribution in [3.63, 3.8) is 0 Å². The van der Waals surface area contributed by atoms with Crippen LogP contribution >= 0.6 is 11.9 Å². The van der Waals surface area contributed by atoms with E-state index >= 15 is 4.39 Å². The number of hydrogen-bond acceptors (Lipinski definition) is 6. The summed E-state index contributed by atoms with van der Waals surface area (Å²) in [4.78, 5) is 7.83. The van der Waals surface area contributed by atoms with Crippen LogP contribution in [0, 0.1) is 5.82 Å². The van der Waals surface area contributed by atoms with Gasteiger partial charge < -0.3 is 19.2 Å². The minimum Gasteiger partial charge on any atom is -0.470 e. The first kappa shape index (κ1) is 22.3. The number of hydrogen-bond donors (Lipinski definition) is 2. The Balaban J connectivity index is 1.15. The Labute approximate surface area is 203 Å². The third-order valence-electron chi connectivity index (χ3n) is 7.27. The number of fused-ring (bicyclic) bond motifs is 2. The lowest BCUT2D eigenvalue weighted by molar-refractivity contribution is 0.0292. The zero-order valence-corrected chi connectivity index (χ0v) is 20.1. The Morgan fingerprint density at radius 3 is 2.94 bits per heavy atom. The second-order valence-corrected chi connectivity index (χ2v) is 10.1. The van der Waals surface area contributed by atoms with Crippen molar-refractivity contribution in [2.24, 2.45) is 0 Å². The number of ether oxygens (including phenoxy) is 3. The SMILES string of the molecule is CSNC1CC=C(C2=CCC(c3nc4cc(OC5CO[C@@H]6CCO[C@H]56)[nH]c4cc3F)C=C2)CC1. The first-order valence-electron chi connectivity index (χ1n) is 12.1. The molecule has 5 atom stereocenters. The number of aromatic amines is 1. The predicted octanol–water partition coefficient (Wildman–Crippen LogP) is 4.95. The smallest absolute Gasteiger partial charge is 0.193 e. The van der Waals surface area contributed by atoms with E-state index in [2.05, 4.69) is 45.2 Å². The molecule has 180 valence electrons. The molecule has 4 aliphatic rings. The predicted molar refractivity (Wildman–Crippen MR) is 132 cm³/mol. The summed E-state index contributed by atoms with van der Waals surface area (Å²) in [7, 11) is 0. The fraction of sp³-hybridized carbons (Fsp3) is 0.500. The molecule has 34 heavy (non-hydrogen) atoms. The minimum absolute atomic E-state index is 0.0352. The van der Waals surface area contributed by atoms with Crippen molar-refractivity contribution in [1.29, 1.82) is 0 Å². The third-order valence-corrected chi connectivity index (χ3v) is 7.84. The summed E-state index contributed by atoms with van der Waals surface area (Å²) in [6.07, 6.45) is 15.7. The minimum atomic E-state index is -0.293. The highest BCUT2D eigenvalue weighted by atomic mass is 32.2. The molecule has 6 nitrogen and oxygen atoms in total. The number of rotatable bonds is 6. The molecule has 2 fully saturated rings. The fourth-order valence-electron chi connectivity index (χ4n) is 5.47. The van der Waals surface area contributed by atoms with E-state index in [1.165, 1.54) is 17.2 Å². The number of halogens is 1. The zero-order chi connectivity index (χ0) is 23.1. The highest BCUT2D eigenvalue weighted by Gasteiger charge is 2.43. The van der Waals surface area contributed by atoms with E-state index in [9.17, 15) is 0 Å². The Kier molecular flexibility index (Phi) is 6.24. The van der Waals surface area contributed by atoms with Gasteiger partial charge in [0.1, 0.15) is 11.9 Å². The fourth-order valence-corrected chi connectivity index (χ4v) is 6.02. The van der Waals surface area contributed by atoms with Gasteiger partial charge in [-0.3, -0.25) is 4.72 Å². The summed E-state index contributed by atoms with van der Waals surface area (Å²) in [5, 5.41) is 0. The third kappa shape index (κ3) is 4.33. The van der Waals surface area contributed by atoms with Crippen molar-refractivity contribution in [2.75, 3.05) is 19.5 Å². The standard InChI is InChI=1S/C26H30FN3O3S/c1-34-30-18-8-6-16(7-9-18)15-2-4-17(5-3-15)25-19(27)12-20-21(29-25)13-24(28-20)33-23-14-32-22-10-11-31-26(22)23/h2-4,6,12-13,17-18,22-23,26,28,30H,5,7-11,14H2,1H3/t17?,18?,22-,23?,26+/m1/s1. The Hall–Kier alpha value is -2.13. The molecule has 0 radical (unpaired) electrons. The van der Waals surface area contributed by atoms with Gasteiger partial charge in [-0.05, 0) is 49.5 Å². The molecule has 2 N–H and O–H groups in total. The molecule has 3 unspecified atom stereocenters. The van der Waals surface area contributed by atoms with Crippen LogP contribution in [-0.4, -0.2) is 53.8 Å². The van der Waals surface area contributed by atoms with Gasteiger partial charge in [0.25, 0.3) is 0 Å². The summed E-state index contributed by atoms with van der Waals surface area (Å²) < 4.78 is 36.1. The number of allylic oxidation sites excluding steroid dienone is 5. The first-order chi connectivity index (χ1) is 16.7. The number of nitrogens with one attached hydrogen (secondary N) is 2. The molecule has 2 aliphatic heterocycles. The second kappa shape index (κ2) is 9.49. The number of nitrogens with zero attached hydrogens (tertiary/aromatic N) is 1. The van der Waals surface area contributed by atoms with E-state index in [0.29, 0.717) is 41.9 Å². The molecular weight excluding hydrogens is 453 g/mol. The summed E-state index contributed by atoms with van der Waals surface area (Å²) in [6, 6.07) is 3.92. The lowest BCUT2D eigenvalue weighted by Crippen LogP contribution is -2.32. The van der Waals surface area contributed by atoms with Gasteiger partial charge in [-0.25, -0.2) is 9.37 Å². The van der Waals surface area contributed by atoms with Crippen LogP contribution in [0.1, 0.15) is 43.7 Å². The van der Waals surface area contributed by atoms with Gasteiger partial charge in [-0.15, -0.1) is 0 Å². The van der Waals surface area contributed by atoms with Crippen LogP contribution in [-0.2, 0) is 9.47 Å². The van der Waals surface area contributed by atoms with Crippen LogP contribution in [0.2, 0.25) is 0 Å². The van der Waals surface area contributed by atoms with E-state index in [4.69, 9.17) is 14.2 Å². The molecule has 0 aromatic carbocycles. The van der Waals surface area contributed by atoms with Crippen LogP contribution in [0.15, 0.2) is 47.6 Å². The highest BCUT2D eigenvalue weighted by Crippen LogP contribution is 2.35. The Morgan fingerprint density at radius 2 is 2.15 bits per heavy atom. The van der Waals surface area contributed by atoms with Crippen LogP contribution < -0.4 is 9.46 Å². The molecular formula is C26H30FN3O3S. The monoisotopic (exact) mass is 483 g/mol. The molecule has 2 aromatic rings. The largest absolute Gasteiger partial charge is 0.470 e. The summed E-state index contributed by atoms with van der Waals surface area (Å²) in [5.74, 6) is 0.209. The second-order valence-electron chi connectivity index (χ2n) is 9.46. The molecule has 6 rings (SSSR count). The average molecular weight is 484 g/mol. The van der Waals surface area contributed by atoms with Gasteiger partial charge in [0.05, 0.1) is 29.4 Å². The van der Waals surface area contributed by atoms with Gasteiger partial charge in [-0.2, -0.15) is 0 Å². The topological polar surface area (TPSA) is 68.4 Å². The van der Waals surface area contributed by atoms with Gasteiger partial charge >= 0.3 is 0 Å². The van der Waals surface area contributed by atoms with Gasteiger partial charge in [-0.1, -0.05) is 36.3 Å². The zero-order valence-electron chi connectivity index (χ0n) is 19.3. The van der Waals surface area contributed by atoms with Crippen LogP contribution in [0.25, 0.3) is 11.0 Å². The van der Waals surface area contributed by atoms with Crippen molar-refractivity contribution >= 4 is 23.0 Å². The average Bonchev–Trinajstić information content (AvgIpc) is 3.57. The molecule has 0 spiro atoms. The normalized spacial score (nSPS) is 30.9. The molecule has 0 bridgehead atoms. The number of aromatic nitrogens is 2. The molecule has 2 aromatic heterocycles. The number of H-pyrrole nitrogens is 1. The first-order valence-corrected chi connectivity index (χ1v) is 13.4. The summed E-state index contributed by atoms with van der Waals surface area (Å²) in [6.45, 7) is 1.21. The quantitative estimate of drug-likeness (QED) is 0.567. The summed E-state index contributed by atoms with van der Waals surface area (Å²) in [5.41, 5.74) is 4.49. The van der Waals surface area contributed by atoms with Crippen molar-refractivity contribution in [3.05, 3.63) is 59.1 Å². The van der Waals surface area contributed by atoms with E-state index in [1.807, 2.05) is 6.07 Å². The molecule has 2 aliphatic carbocycles. The van der Waals surface area contributed by atoms with Crippen molar-refractivity contribution < 1.29 is 18.6 Å². The molecule has 2 saturated heterocycles. The molecule has 0 amide bonds. The maximum absolute atomic E-state index is 15.0. The van der Waals surface area contributed by atoms with Crippen LogP contribution in [0.5, 0.6) is 5.88 Å². The Morgan fingerprint density at radius 1 is 1.21 bits per heavy atom. The molecule has 4 heterocycles. The van der Waals surface area contributed by atoms with Crippen LogP contribution in [0.3, 0.4) is 0 Å². The maximum atomic E-state index is 15.0. The molecule has 8 heteroatoms. The summed E-state index contributed by atoms with van der Waals surface area (Å²) >= 11 is 1.69. The lowest BCUT2D eigenvalue weighted by Gasteiger charge is -2.24. The van der Waals surface area contributed by atoms with Gasteiger partial charge in [0.2, 0.25) is 0 Å². The van der Waals surface area contributed by atoms with E-state index in [0.717, 1.165) is 32.1 Å². The van der Waals surface area contributed by atoms with E-state index in [-0.39, 0.29) is 30.0 Å². The van der Waals surface area contributed by atoms with E-state index in [1.54, 1.807) is 11.9 Å². The molecule has 0 saturated carbocycles. The van der Waals surface area contributed by atoms with Crippen molar-refractivity contribution in [3.8, 4) is 5.88 Å². The Bertz CT molecular complexity index is 1160. The van der Waals surface area contributed by atoms with Gasteiger partial charge in [0.15, 0.2) is 12.0 Å². The van der Waals surface area contributed by atoms with Crippen molar-refractivity contribution in [2.45, 2.75) is 62.4 Å². The van der Waals surface area contributed by atoms with Crippen molar-refractivity contribution in [1.82, 2.24) is 14.7 Å². The number of pyridine rings is 1. The maximum Gasteiger partial charge on any atom is 0.193 e.